The number of carbonyl (C=O) groups is 1. The van der Waals surface area contributed by atoms with Crippen LogP contribution in [0.25, 0.3) is 11.6 Å². The van der Waals surface area contributed by atoms with Gasteiger partial charge < -0.3 is 10.4 Å². The molecule has 2 aromatic carbocycles. The maximum Gasteiger partial charge on any atom is 0.224 e. The van der Waals surface area contributed by atoms with Gasteiger partial charge in [-0.05, 0) is 55.0 Å². The van der Waals surface area contributed by atoms with Gasteiger partial charge in [0.1, 0.15) is 0 Å². The average Bonchev–Trinajstić information content (AvgIpc) is 3.26. The predicted molar refractivity (Wildman–Crippen MR) is 127 cm³/mol. The van der Waals surface area contributed by atoms with Crippen molar-refractivity contribution in [2.45, 2.75) is 19.4 Å². The Kier molecular flexibility index (Phi) is 6.13. The lowest BCUT2D eigenvalue weighted by atomic mass is 10.1. The summed E-state index contributed by atoms with van der Waals surface area (Å²) < 4.78 is 2.24. The van der Waals surface area contributed by atoms with Gasteiger partial charge in [-0.2, -0.15) is 0 Å². The van der Waals surface area contributed by atoms with Crippen LogP contribution in [-0.2, 0) is 11.3 Å². The van der Waals surface area contributed by atoms with E-state index in [1.807, 2.05) is 30.3 Å². The van der Waals surface area contributed by atoms with Crippen molar-refractivity contribution in [3.8, 4) is 5.88 Å². The van der Waals surface area contributed by atoms with Crippen molar-refractivity contribution in [1.29, 1.82) is 0 Å². The van der Waals surface area contributed by atoms with E-state index in [1.165, 1.54) is 11.3 Å². The molecule has 0 unspecified atom stereocenters. The molecular formula is C22H18ClN3O2S2. The number of benzene rings is 2. The lowest BCUT2D eigenvalue weighted by Gasteiger charge is -2.07. The molecule has 3 aromatic rings. The van der Waals surface area contributed by atoms with E-state index in [0.717, 1.165) is 16.8 Å². The SMILES string of the molecule is O=C(CCCn1c(O)c(/C=C2/C=Nc3ccccc32)sc1=S)Nc1ccc(Cl)cc1. The van der Waals surface area contributed by atoms with Crippen LogP contribution < -0.4 is 5.32 Å². The van der Waals surface area contributed by atoms with E-state index in [2.05, 4.69) is 10.3 Å². The van der Waals surface area contributed by atoms with Crippen LogP contribution in [0.2, 0.25) is 5.02 Å². The number of hydrogen-bond acceptors (Lipinski definition) is 5. The molecule has 0 saturated carbocycles. The van der Waals surface area contributed by atoms with Crippen molar-refractivity contribution in [2.24, 2.45) is 4.99 Å². The zero-order valence-corrected chi connectivity index (χ0v) is 18.2. The highest BCUT2D eigenvalue weighted by Crippen LogP contribution is 2.35. The van der Waals surface area contributed by atoms with E-state index in [1.54, 1.807) is 35.0 Å². The molecule has 152 valence electrons. The second-order valence-electron chi connectivity index (χ2n) is 6.74. The van der Waals surface area contributed by atoms with E-state index in [9.17, 15) is 9.90 Å². The Morgan fingerprint density at radius 2 is 2.00 bits per heavy atom. The molecule has 4 rings (SSSR count). The molecule has 0 spiro atoms. The summed E-state index contributed by atoms with van der Waals surface area (Å²) in [5.74, 6) is 0.0214. The highest BCUT2D eigenvalue weighted by atomic mass is 35.5. The lowest BCUT2D eigenvalue weighted by Crippen LogP contribution is -2.12. The molecule has 0 saturated heterocycles. The highest BCUT2D eigenvalue weighted by Gasteiger charge is 2.15. The predicted octanol–water partition coefficient (Wildman–Crippen LogP) is 6.31. The van der Waals surface area contributed by atoms with E-state index >= 15 is 0 Å². The summed E-state index contributed by atoms with van der Waals surface area (Å²) in [6.07, 6.45) is 4.56. The number of fused-ring (bicyclic) bond motifs is 1. The summed E-state index contributed by atoms with van der Waals surface area (Å²) in [5, 5.41) is 14.1. The van der Waals surface area contributed by atoms with Gasteiger partial charge in [-0.25, -0.2) is 0 Å². The van der Waals surface area contributed by atoms with Gasteiger partial charge in [-0.1, -0.05) is 29.8 Å². The fourth-order valence-corrected chi connectivity index (χ4v) is 4.59. The smallest absolute Gasteiger partial charge is 0.224 e. The molecule has 0 bridgehead atoms. The molecule has 0 aliphatic carbocycles. The number of carbonyl (C=O) groups excluding carboxylic acids is 1. The third-order valence-corrected chi connectivity index (χ3v) is 6.29. The first kappa shape index (κ1) is 20.5. The van der Waals surface area contributed by atoms with E-state index in [0.29, 0.717) is 38.9 Å². The number of amides is 1. The van der Waals surface area contributed by atoms with Crippen molar-refractivity contribution in [1.82, 2.24) is 4.57 Å². The van der Waals surface area contributed by atoms with Crippen molar-refractivity contribution in [2.75, 3.05) is 5.32 Å². The molecule has 5 nitrogen and oxygen atoms in total. The molecule has 2 heterocycles. The molecule has 2 N–H and O–H groups in total. The normalized spacial score (nSPS) is 13.6. The molecular weight excluding hydrogens is 438 g/mol. The van der Waals surface area contributed by atoms with Crippen LogP contribution in [-0.4, -0.2) is 21.8 Å². The Labute approximate surface area is 188 Å². The van der Waals surface area contributed by atoms with Crippen molar-refractivity contribution in [3.05, 3.63) is 67.9 Å². The molecule has 1 aromatic heterocycles. The van der Waals surface area contributed by atoms with Gasteiger partial charge in [0.05, 0.1) is 10.6 Å². The molecule has 1 aliphatic rings. The minimum absolute atomic E-state index is 0.0975. The van der Waals surface area contributed by atoms with E-state index in [-0.39, 0.29) is 11.8 Å². The van der Waals surface area contributed by atoms with Crippen LogP contribution in [0.4, 0.5) is 11.4 Å². The van der Waals surface area contributed by atoms with Crippen molar-refractivity contribution >= 4 is 70.3 Å². The van der Waals surface area contributed by atoms with Gasteiger partial charge in [0.2, 0.25) is 11.8 Å². The Morgan fingerprint density at radius 3 is 2.80 bits per heavy atom. The molecule has 0 radical (unpaired) electrons. The Balaban J connectivity index is 1.40. The summed E-state index contributed by atoms with van der Waals surface area (Å²) in [7, 11) is 0. The molecule has 1 aliphatic heterocycles. The average molecular weight is 456 g/mol. The minimum atomic E-state index is -0.0975. The summed E-state index contributed by atoms with van der Waals surface area (Å²) >= 11 is 12.6. The highest BCUT2D eigenvalue weighted by molar-refractivity contribution is 7.73. The van der Waals surface area contributed by atoms with E-state index in [4.69, 9.17) is 23.8 Å². The Hall–Kier alpha value is -2.74. The fourth-order valence-electron chi connectivity index (χ4n) is 3.16. The number of allylic oxidation sites excluding steroid dienone is 1. The first-order chi connectivity index (χ1) is 14.5. The van der Waals surface area contributed by atoms with Gasteiger partial charge in [0.25, 0.3) is 0 Å². The van der Waals surface area contributed by atoms with Gasteiger partial charge in [-0.3, -0.25) is 14.4 Å². The molecule has 30 heavy (non-hydrogen) atoms. The van der Waals surface area contributed by atoms with Gasteiger partial charge in [0.15, 0.2) is 3.95 Å². The third-order valence-electron chi connectivity index (χ3n) is 4.65. The van der Waals surface area contributed by atoms with Gasteiger partial charge in [0, 0.05) is 41.0 Å². The standard InChI is InChI=1S/C22H18ClN3O2S2/c23-15-7-9-16(10-8-15)25-20(27)6-3-11-26-21(28)19(30-22(26)29)12-14-13-24-18-5-2-1-4-17(14)18/h1-2,4-5,7-10,12-13,28H,3,6,11H2,(H,25,27)/b14-12-. The molecule has 1 amide bonds. The zero-order valence-electron chi connectivity index (χ0n) is 15.8. The number of thiazole rings is 1. The number of para-hydroxylation sites is 1. The fraction of sp³-hybridized carbons (Fsp3) is 0.136. The number of rotatable bonds is 6. The van der Waals surface area contributed by atoms with Gasteiger partial charge >= 0.3 is 0 Å². The number of aromatic nitrogens is 1. The number of nitrogens with zero attached hydrogens (tertiary/aromatic N) is 2. The largest absolute Gasteiger partial charge is 0.493 e. The van der Waals surface area contributed by atoms with Crippen LogP contribution in [0.5, 0.6) is 5.88 Å². The van der Waals surface area contributed by atoms with Crippen molar-refractivity contribution < 1.29 is 9.90 Å². The summed E-state index contributed by atoms with van der Waals surface area (Å²) in [5.41, 5.74) is 3.58. The molecule has 8 heteroatoms. The quantitative estimate of drug-likeness (QED) is 0.428. The van der Waals surface area contributed by atoms with Crippen LogP contribution in [0, 0.1) is 3.95 Å². The minimum Gasteiger partial charge on any atom is -0.493 e. The number of hydrogen-bond donors (Lipinski definition) is 2. The number of nitrogens with one attached hydrogen (secondary N) is 1. The third kappa shape index (κ3) is 4.53. The summed E-state index contributed by atoms with van der Waals surface area (Å²) in [6, 6.07) is 14.8. The Bertz CT molecular complexity index is 1210. The maximum absolute atomic E-state index is 12.1. The second kappa shape index (κ2) is 8.95. The van der Waals surface area contributed by atoms with Crippen LogP contribution in [0.3, 0.4) is 0 Å². The second-order valence-corrected chi connectivity index (χ2v) is 8.85. The molecule has 0 atom stereocenters. The topological polar surface area (TPSA) is 66.6 Å². The van der Waals surface area contributed by atoms with Crippen LogP contribution >= 0.6 is 35.2 Å². The van der Waals surface area contributed by atoms with Crippen molar-refractivity contribution in [3.63, 3.8) is 0 Å². The summed E-state index contributed by atoms with van der Waals surface area (Å²) in [6.45, 7) is 0.461. The van der Waals surface area contributed by atoms with Crippen LogP contribution in [0.15, 0.2) is 53.5 Å². The Morgan fingerprint density at radius 1 is 1.23 bits per heavy atom. The van der Waals surface area contributed by atoms with E-state index < -0.39 is 0 Å². The number of aliphatic imine (C=N–C) groups is 1. The first-order valence-corrected chi connectivity index (χ1v) is 10.9. The summed E-state index contributed by atoms with van der Waals surface area (Å²) in [4.78, 5) is 17.2. The monoisotopic (exact) mass is 455 g/mol. The first-order valence-electron chi connectivity index (χ1n) is 9.34. The van der Waals surface area contributed by atoms with Gasteiger partial charge in [-0.15, -0.1) is 11.3 Å². The number of anilines is 1. The van der Waals surface area contributed by atoms with Crippen LogP contribution in [0.1, 0.15) is 23.3 Å². The number of aromatic hydroxyl groups is 1. The lowest BCUT2D eigenvalue weighted by molar-refractivity contribution is -0.116. The molecule has 0 fully saturated rings. The number of halogens is 1. The maximum atomic E-state index is 12.1. The zero-order chi connectivity index (χ0) is 21.1.